The highest BCUT2D eigenvalue weighted by molar-refractivity contribution is 14.1. The number of nitrogens with zero attached hydrogens (tertiary/aromatic N) is 2. The van der Waals surface area contributed by atoms with Gasteiger partial charge in [-0.25, -0.2) is 4.98 Å². The van der Waals surface area contributed by atoms with Gasteiger partial charge in [0, 0.05) is 13.7 Å². The van der Waals surface area contributed by atoms with E-state index < -0.39 is 0 Å². The third-order valence-electron chi connectivity index (χ3n) is 2.73. The van der Waals surface area contributed by atoms with E-state index in [0.29, 0.717) is 5.95 Å². The van der Waals surface area contributed by atoms with E-state index in [9.17, 15) is 0 Å². The second kappa shape index (κ2) is 4.55. The quantitative estimate of drug-likeness (QED) is 0.613. The number of nitrogen functional groups attached to an aromatic ring is 1. The second-order valence-corrected chi connectivity index (χ2v) is 6.08. The Hall–Kier alpha value is -1.08. The average Bonchev–Trinajstić information content (AvgIpc) is 2.65. The monoisotopic (exact) mass is 413 g/mol. The maximum Gasteiger partial charge on any atom is 0.205 e. The third kappa shape index (κ3) is 2.01. The number of nitrogens with two attached hydrogens (primary N) is 1. The number of aromatic nitrogens is 2. The molecule has 5 heteroatoms. The van der Waals surface area contributed by atoms with Crippen molar-refractivity contribution in [3.63, 3.8) is 0 Å². The van der Waals surface area contributed by atoms with Crippen LogP contribution in [-0.4, -0.2) is 9.55 Å². The molecule has 90 valence electrons. The Labute approximate surface area is 126 Å². The molecule has 0 amide bonds. The Kier molecular flexibility index (Phi) is 3.03. The Morgan fingerprint density at radius 2 is 1.83 bits per heavy atom. The average molecular weight is 414 g/mol. The van der Waals surface area contributed by atoms with Crippen molar-refractivity contribution in [2.45, 2.75) is 0 Å². The fraction of sp³-hybridized carbons (Fsp3) is 0. The van der Waals surface area contributed by atoms with Crippen molar-refractivity contribution >= 4 is 55.5 Å². The minimum absolute atomic E-state index is 0.504. The molecule has 2 N–H and O–H groups in total. The lowest BCUT2D eigenvalue weighted by molar-refractivity contribution is 1.11. The Morgan fingerprint density at radius 3 is 2.56 bits per heavy atom. The number of fused-ring (bicyclic) bond motifs is 1. The molecule has 1 heterocycles. The minimum atomic E-state index is 0.504. The smallest absolute Gasteiger partial charge is 0.205 e. The van der Waals surface area contributed by atoms with Crippen molar-refractivity contribution in [1.82, 2.24) is 9.55 Å². The minimum Gasteiger partial charge on any atom is -0.369 e. The van der Waals surface area contributed by atoms with Gasteiger partial charge in [-0.3, -0.25) is 4.57 Å². The summed E-state index contributed by atoms with van der Waals surface area (Å²) in [6, 6.07) is 14.2. The number of halogens is 2. The van der Waals surface area contributed by atoms with Crippen LogP contribution in [0.2, 0.25) is 0 Å². The summed E-state index contributed by atoms with van der Waals surface area (Å²) in [5.41, 5.74) is 8.93. The fourth-order valence-corrected chi connectivity index (χ4v) is 2.64. The molecule has 0 radical (unpaired) electrons. The van der Waals surface area contributed by atoms with Gasteiger partial charge in [-0.1, -0.05) is 15.9 Å². The molecular weight excluding hydrogens is 405 g/mol. The molecule has 0 saturated carbocycles. The summed E-state index contributed by atoms with van der Waals surface area (Å²) in [6.07, 6.45) is 0. The van der Waals surface area contributed by atoms with E-state index in [1.807, 2.05) is 34.9 Å². The standard InChI is InChI=1S/C13H9BrIN3/c14-8-1-6-12-11(7-8)17-13(16)18(12)10-4-2-9(15)3-5-10/h1-7H,(H2,16,17). The normalized spacial score (nSPS) is 11.0. The van der Waals surface area contributed by atoms with Crippen LogP contribution in [0.5, 0.6) is 0 Å². The lowest BCUT2D eigenvalue weighted by Gasteiger charge is -2.06. The number of benzene rings is 2. The van der Waals surface area contributed by atoms with Crippen LogP contribution in [-0.2, 0) is 0 Å². The van der Waals surface area contributed by atoms with Crippen LogP contribution in [0.25, 0.3) is 16.7 Å². The summed E-state index contributed by atoms with van der Waals surface area (Å²) in [4.78, 5) is 4.38. The van der Waals surface area contributed by atoms with Crippen molar-refractivity contribution < 1.29 is 0 Å². The first kappa shape index (κ1) is 12.0. The second-order valence-electron chi connectivity index (χ2n) is 3.91. The summed E-state index contributed by atoms with van der Waals surface area (Å²) in [5, 5.41) is 0. The summed E-state index contributed by atoms with van der Waals surface area (Å²) < 4.78 is 4.15. The number of anilines is 1. The Balaban J connectivity index is 2.28. The van der Waals surface area contributed by atoms with Crippen LogP contribution in [0.1, 0.15) is 0 Å². The zero-order chi connectivity index (χ0) is 12.7. The van der Waals surface area contributed by atoms with Gasteiger partial charge in [0.05, 0.1) is 11.0 Å². The predicted molar refractivity (Wildman–Crippen MR) is 85.9 cm³/mol. The van der Waals surface area contributed by atoms with Crippen LogP contribution in [0, 0.1) is 3.57 Å². The molecule has 2 aromatic carbocycles. The number of imidazole rings is 1. The van der Waals surface area contributed by atoms with Gasteiger partial charge < -0.3 is 5.73 Å². The highest BCUT2D eigenvalue weighted by atomic mass is 127. The van der Waals surface area contributed by atoms with Gasteiger partial charge in [0.25, 0.3) is 0 Å². The van der Waals surface area contributed by atoms with Crippen LogP contribution in [0.15, 0.2) is 46.9 Å². The van der Waals surface area contributed by atoms with Gasteiger partial charge in [0.1, 0.15) is 0 Å². The Morgan fingerprint density at radius 1 is 1.11 bits per heavy atom. The van der Waals surface area contributed by atoms with Crippen LogP contribution >= 0.6 is 38.5 Å². The van der Waals surface area contributed by atoms with Gasteiger partial charge in [0.2, 0.25) is 5.95 Å². The van der Waals surface area contributed by atoms with Crippen LogP contribution < -0.4 is 5.73 Å². The molecule has 0 aliphatic rings. The maximum atomic E-state index is 6.01. The molecule has 0 unspecified atom stereocenters. The van der Waals surface area contributed by atoms with Gasteiger partial charge in [-0.2, -0.15) is 0 Å². The number of hydrogen-bond donors (Lipinski definition) is 1. The molecule has 3 aromatic rings. The first-order valence-corrected chi connectivity index (χ1v) is 7.22. The van der Waals surface area contributed by atoms with E-state index in [-0.39, 0.29) is 0 Å². The summed E-state index contributed by atoms with van der Waals surface area (Å²) in [7, 11) is 0. The van der Waals surface area contributed by atoms with Gasteiger partial charge in [-0.15, -0.1) is 0 Å². The fourth-order valence-electron chi connectivity index (χ4n) is 1.93. The molecule has 0 aliphatic carbocycles. The maximum absolute atomic E-state index is 6.01. The predicted octanol–water partition coefficient (Wildman–Crippen LogP) is 3.97. The summed E-state index contributed by atoms with van der Waals surface area (Å²) in [6.45, 7) is 0. The largest absolute Gasteiger partial charge is 0.369 e. The lowest BCUT2D eigenvalue weighted by atomic mass is 10.3. The highest BCUT2D eigenvalue weighted by Crippen LogP contribution is 2.25. The molecule has 0 spiro atoms. The van der Waals surface area contributed by atoms with Crippen LogP contribution in [0.3, 0.4) is 0 Å². The zero-order valence-corrected chi connectivity index (χ0v) is 13.0. The van der Waals surface area contributed by atoms with E-state index in [1.165, 1.54) is 3.57 Å². The summed E-state index contributed by atoms with van der Waals surface area (Å²) >= 11 is 5.72. The van der Waals surface area contributed by atoms with Gasteiger partial charge >= 0.3 is 0 Å². The van der Waals surface area contributed by atoms with Crippen LogP contribution in [0.4, 0.5) is 5.95 Å². The molecule has 3 nitrogen and oxygen atoms in total. The van der Waals surface area contributed by atoms with Crippen molar-refractivity contribution in [2.24, 2.45) is 0 Å². The van der Waals surface area contributed by atoms with E-state index >= 15 is 0 Å². The first-order chi connectivity index (χ1) is 8.65. The third-order valence-corrected chi connectivity index (χ3v) is 3.94. The SMILES string of the molecule is Nc1nc2cc(Br)ccc2n1-c1ccc(I)cc1. The van der Waals surface area contributed by atoms with Crippen molar-refractivity contribution in [2.75, 3.05) is 5.73 Å². The van der Waals surface area contributed by atoms with E-state index in [2.05, 4.69) is 55.6 Å². The molecule has 0 aliphatic heterocycles. The molecular formula is C13H9BrIN3. The van der Waals surface area contributed by atoms with Crippen molar-refractivity contribution in [1.29, 1.82) is 0 Å². The molecule has 18 heavy (non-hydrogen) atoms. The topological polar surface area (TPSA) is 43.8 Å². The number of hydrogen-bond acceptors (Lipinski definition) is 2. The van der Waals surface area contributed by atoms with Crippen molar-refractivity contribution in [3.05, 3.63) is 50.5 Å². The summed E-state index contributed by atoms with van der Waals surface area (Å²) in [5.74, 6) is 0.504. The van der Waals surface area contributed by atoms with Gasteiger partial charge in [0.15, 0.2) is 0 Å². The van der Waals surface area contributed by atoms with E-state index in [0.717, 1.165) is 21.2 Å². The lowest BCUT2D eigenvalue weighted by Crippen LogP contribution is -2.00. The molecule has 0 saturated heterocycles. The number of rotatable bonds is 1. The molecule has 3 rings (SSSR count). The van der Waals surface area contributed by atoms with E-state index in [1.54, 1.807) is 0 Å². The van der Waals surface area contributed by atoms with Gasteiger partial charge in [-0.05, 0) is 65.1 Å². The Bertz CT molecular complexity index is 719. The van der Waals surface area contributed by atoms with Crippen molar-refractivity contribution in [3.8, 4) is 5.69 Å². The molecule has 0 bridgehead atoms. The molecule has 1 aromatic heterocycles. The first-order valence-electron chi connectivity index (χ1n) is 5.34. The zero-order valence-electron chi connectivity index (χ0n) is 9.27. The molecule has 0 atom stereocenters. The van der Waals surface area contributed by atoms with E-state index in [4.69, 9.17) is 5.73 Å². The highest BCUT2D eigenvalue weighted by Gasteiger charge is 2.09. The molecule has 0 fully saturated rings.